The smallest absolute Gasteiger partial charge is 0.135 e. The quantitative estimate of drug-likeness (QED) is 0.813. The molecule has 0 bridgehead atoms. The van der Waals surface area contributed by atoms with Gasteiger partial charge in [-0.3, -0.25) is 0 Å². The van der Waals surface area contributed by atoms with Crippen LogP contribution in [-0.4, -0.2) is 46.5 Å². The molecule has 0 N–H and O–H groups in total. The monoisotopic (exact) mass is 305 g/mol. The number of nitrogens with zero attached hydrogens (tertiary/aromatic N) is 3. The van der Waals surface area contributed by atoms with Gasteiger partial charge in [-0.1, -0.05) is 12.2 Å². The minimum atomic E-state index is 0.403. The van der Waals surface area contributed by atoms with Gasteiger partial charge in [0.25, 0.3) is 0 Å². The highest BCUT2D eigenvalue weighted by molar-refractivity contribution is 7.80. The molecule has 0 aliphatic heterocycles. The summed E-state index contributed by atoms with van der Waals surface area (Å²) in [6.07, 6.45) is 4.83. The van der Waals surface area contributed by atoms with Crippen molar-refractivity contribution in [1.82, 2.24) is 15.2 Å². The fourth-order valence-corrected chi connectivity index (χ4v) is 3.23. The van der Waals surface area contributed by atoms with Gasteiger partial charge in [-0.05, 0) is 54.2 Å². The molecule has 0 spiro atoms. The molecule has 1 saturated carbocycles. The van der Waals surface area contributed by atoms with E-state index in [1.54, 1.807) is 7.11 Å². The number of ether oxygens (including phenoxy) is 1. The summed E-state index contributed by atoms with van der Waals surface area (Å²) in [5.74, 6) is 0. The Balaban J connectivity index is 1.72. The minimum absolute atomic E-state index is 0.403. The van der Waals surface area contributed by atoms with E-state index in [-0.39, 0.29) is 0 Å². The van der Waals surface area contributed by atoms with E-state index in [1.807, 2.05) is 18.2 Å². The summed E-state index contributed by atoms with van der Waals surface area (Å²) in [6.45, 7) is 0. The van der Waals surface area contributed by atoms with Gasteiger partial charge in [0.05, 0.1) is 6.10 Å². The van der Waals surface area contributed by atoms with Gasteiger partial charge in [-0.25, -0.2) is 4.63 Å². The normalized spacial score (nSPS) is 22.4. The Kier molecular flexibility index (Phi) is 4.17. The van der Waals surface area contributed by atoms with Gasteiger partial charge in [0.1, 0.15) is 16.0 Å². The van der Waals surface area contributed by atoms with E-state index in [0.29, 0.717) is 12.1 Å². The molecular formula is C15H19N3O2S. The predicted octanol–water partition coefficient (Wildman–Crippen LogP) is 2.79. The Hall–Kier alpha value is -1.53. The SMILES string of the molecule is COC1CCC(N(C)C(=S)c2ccc3nonc3c2)CC1. The molecule has 6 heteroatoms. The number of methoxy groups -OCH3 is 1. The van der Waals surface area contributed by atoms with Crippen LogP contribution < -0.4 is 0 Å². The standard InChI is InChI=1S/C15H19N3O2S/c1-18(11-4-6-12(19-2)7-5-11)15(21)10-3-8-13-14(9-10)17-20-16-13/h3,8-9,11-12H,4-7H2,1-2H3. The average Bonchev–Trinajstić information content (AvgIpc) is 3.01. The fourth-order valence-electron chi connectivity index (χ4n) is 2.95. The van der Waals surface area contributed by atoms with Gasteiger partial charge in [-0.2, -0.15) is 0 Å². The van der Waals surface area contributed by atoms with Crippen LogP contribution in [0.15, 0.2) is 22.8 Å². The summed E-state index contributed by atoms with van der Waals surface area (Å²) in [5, 5.41) is 7.69. The second kappa shape index (κ2) is 6.07. The summed E-state index contributed by atoms with van der Waals surface area (Å²) in [5.41, 5.74) is 2.49. The summed E-state index contributed by atoms with van der Waals surface area (Å²) in [4.78, 5) is 3.05. The molecule has 0 radical (unpaired) electrons. The van der Waals surface area contributed by atoms with Crippen LogP contribution >= 0.6 is 12.2 Å². The number of hydrogen-bond donors (Lipinski definition) is 0. The van der Waals surface area contributed by atoms with Crippen LogP contribution in [0.4, 0.5) is 0 Å². The average molecular weight is 305 g/mol. The molecule has 1 fully saturated rings. The number of thiocarbonyl (C=S) groups is 1. The van der Waals surface area contributed by atoms with Crippen molar-refractivity contribution in [2.75, 3.05) is 14.2 Å². The predicted molar refractivity (Wildman–Crippen MR) is 84.3 cm³/mol. The van der Waals surface area contributed by atoms with Crippen molar-refractivity contribution < 1.29 is 9.37 Å². The van der Waals surface area contributed by atoms with Crippen LogP contribution in [0.3, 0.4) is 0 Å². The van der Waals surface area contributed by atoms with E-state index in [4.69, 9.17) is 21.6 Å². The van der Waals surface area contributed by atoms with Crippen LogP contribution in [0.25, 0.3) is 11.0 Å². The van der Waals surface area contributed by atoms with Crippen molar-refractivity contribution in [3.8, 4) is 0 Å². The minimum Gasteiger partial charge on any atom is -0.381 e. The molecule has 1 aromatic carbocycles. The highest BCUT2D eigenvalue weighted by Gasteiger charge is 2.25. The van der Waals surface area contributed by atoms with E-state index in [1.165, 1.54) is 0 Å². The lowest BCUT2D eigenvalue weighted by Crippen LogP contribution is -2.40. The Morgan fingerprint density at radius 1 is 1.24 bits per heavy atom. The fraction of sp³-hybridized carbons (Fsp3) is 0.533. The molecule has 2 aromatic rings. The van der Waals surface area contributed by atoms with Crippen LogP contribution in [0.1, 0.15) is 31.2 Å². The molecule has 1 aliphatic carbocycles. The van der Waals surface area contributed by atoms with Crippen molar-refractivity contribution in [3.05, 3.63) is 23.8 Å². The first-order chi connectivity index (χ1) is 10.2. The molecule has 21 heavy (non-hydrogen) atoms. The van der Waals surface area contributed by atoms with Crippen LogP contribution in [0.5, 0.6) is 0 Å². The number of rotatable bonds is 3. The molecule has 0 unspecified atom stereocenters. The van der Waals surface area contributed by atoms with E-state index in [0.717, 1.165) is 47.3 Å². The molecule has 112 valence electrons. The lowest BCUT2D eigenvalue weighted by atomic mass is 9.92. The van der Waals surface area contributed by atoms with Crippen molar-refractivity contribution >= 4 is 28.2 Å². The summed E-state index contributed by atoms with van der Waals surface area (Å²) < 4.78 is 10.2. The number of benzene rings is 1. The second-order valence-electron chi connectivity index (χ2n) is 5.55. The second-order valence-corrected chi connectivity index (χ2v) is 5.94. The maximum Gasteiger partial charge on any atom is 0.135 e. The van der Waals surface area contributed by atoms with Gasteiger partial charge in [0, 0.05) is 25.8 Å². The lowest BCUT2D eigenvalue weighted by Gasteiger charge is -2.35. The highest BCUT2D eigenvalue weighted by Crippen LogP contribution is 2.25. The first-order valence-corrected chi connectivity index (χ1v) is 7.62. The van der Waals surface area contributed by atoms with Gasteiger partial charge in [0.2, 0.25) is 0 Å². The first kappa shape index (κ1) is 14.4. The Bertz CT molecular complexity index is 635. The van der Waals surface area contributed by atoms with Gasteiger partial charge >= 0.3 is 0 Å². The van der Waals surface area contributed by atoms with E-state index in [2.05, 4.69) is 22.3 Å². The molecule has 1 heterocycles. The Morgan fingerprint density at radius 3 is 2.67 bits per heavy atom. The van der Waals surface area contributed by atoms with Crippen LogP contribution in [0.2, 0.25) is 0 Å². The number of fused-ring (bicyclic) bond motifs is 1. The molecule has 3 rings (SSSR count). The lowest BCUT2D eigenvalue weighted by molar-refractivity contribution is 0.0543. The maximum absolute atomic E-state index is 5.63. The summed E-state index contributed by atoms with van der Waals surface area (Å²) in [6, 6.07) is 6.29. The number of aromatic nitrogens is 2. The molecule has 0 atom stereocenters. The zero-order valence-corrected chi connectivity index (χ0v) is 13.1. The third-order valence-corrected chi connectivity index (χ3v) is 4.87. The third-order valence-electron chi connectivity index (χ3n) is 4.35. The van der Waals surface area contributed by atoms with Crippen LogP contribution in [0, 0.1) is 0 Å². The van der Waals surface area contributed by atoms with Crippen molar-refractivity contribution in [3.63, 3.8) is 0 Å². The molecule has 1 aliphatic rings. The van der Waals surface area contributed by atoms with Crippen LogP contribution in [-0.2, 0) is 4.74 Å². The maximum atomic E-state index is 5.63. The van der Waals surface area contributed by atoms with E-state index in [9.17, 15) is 0 Å². The number of hydrogen-bond acceptors (Lipinski definition) is 5. The summed E-state index contributed by atoms with van der Waals surface area (Å²) >= 11 is 5.63. The van der Waals surface area contributed by atoms with E-state index < -0.39 is 0 Å². The van der Waals surface area contributed by atoms with Gasteiger partial charge in [0.15, 0.2) is 0 Å². The van der Waals surface area contributed by atoms with Gasteiger partial charge < -0.3 is 9.64 Å². The summed E-state index contributed by atoms with van der Waals surface area (Å²) in [7, 11) is 3.87. The molecule has 1 aromatic heterocycles. The van der Waals surface area contributed by atoms with Crippen molar-refractivity contribution in [2.24, 2.45) is 0 Å². The van der Waals surface area contributed by atoms with E-state index >= 15 is 0 Å². The molecule has 0 amide bonds. The third kappa shape index (κ3) is 2.91. The first-order valence-electron chi connectivity index (χ1n) is 7.21. The largest absolute Gasteiger partial charge is 0.381 e. The zero-order chi connectivity index (χ0) is 14.8. The highest BCUT2D eigenvalue weighted by atomic mass is 32.1. The van der Waals surface area contributed by atoms with Crippen molar-refractivity contribution in [2.45, 2.75) is 37.8 Å². The molecule has 5 nitrogen and oxygen atoms in total. The zero-order valence-electron chi connectivity index (χ0n) is 12.3. The molecular weight excluding hydrogens is 286 g/mol. The Labute approximate surface area is 129 Å². The van der Waals surface area contributed by atoms with Gasteiger partial charge in [-0.15, -0.1) is 0 Å². The Morgan fingerprint density at radius 2 is 1.95 bits per heavy atom. The topological polar surface area (TPSA) is 51.4 Å². The molecule has 0 saturated heterocycles. The van der Waals surface area contributed by atoms with Crippen molar-refractivity contribution in [1.29, 1.82) is 0 Å².